The summed E-state index contributed by atoms with van der Waals surface area (Å²) in [6.07, 6.45) is 0. The van der Waals surface area contributed by atoms with Crippen LogP contribution in [0.4, 0.5) is 0 Å². The number of nitrogens with zero attached hydrogens (tertiary/aromatic N) is 3. The molecule has 0 aliphatic heterocycles. The molecule has 10 aromatic carbocycles. The van der Waals surface area contributed by atoms with Crippen molar-refractivity contribution in [2.75, 3.05) is 0 Å². The van der Waals surface area contributed by atoms with Crippen molar-refractivity contribution in [3.63, 3.8) is 0 Å². The van der Waals surface area contributed by atoms with E-state index in [1.165, 1.54) is 48.7 Å². The molecule has 0 aliphatic carbocycles. The van der Waals surface area contributed by atoms with Crippen molar-refractivity contribution in [1.29, 1.82) is 0 Å². The first kappa shape index (κ1) is 34.6. The molecule has 0 N–H and O–H groups in total. The first-order valence-corrected chi connectivity index (χ1v) is 21.2. The Kier molecular flexibility index (Phi) is 7.60. The maximum absolute atomic E-state index is 5.38. The lowest BCUT2D eigenvalue weighted by molar-refractivity contribution is 1.38. The molecule has 0 saturated carbocycles. The Morgan fingerprint density at radius 1 is 0.210 bits per heavy atom. The number of rotatable bonds is 4. The third-order valence-corrected chi connectivity index (χ3v) is 12.7. The van der Waals surface area contributed by atoms with Crippen molar-refractivity contribution in [3.05, 3.63) is 212 Å². The predicted octanol–water partition coefficient (Wildman–Crippen LogP) is 15.8. The zero-order valence-electron chi connectivity index (χ0n) is 33.5. The lowest BCUT2D eigenvalue weighted by Crippen LogP contribution is -1.95. The fraction of sp³-hybridized carbons (Fsp3) is 0. The summed E-state index contributed by atoms with van der Waals surface area (Å²) in [6.45, 7) is 0. The van der Waals surface area contributed by atoms with Crippen LogP contribution in [-0.4, -0.2) is 15.0 Å². The highest BCUT2D eigenvalue weighted by atomic mass is 14.7. The van der Waals surface area contributed by atoms with Crippen molar-refractivity contribution < 1.29 is 0 Å². The van der Waals surface area contributed by atoms with Gasteiger partial charge in [-0.05, 0) is 138 Å². The van der Waals surface area contributed by atoms with E-state index in [0.29, 0.717) is 0 Å². The third-order valence-electron chi connectivity index (χ3n) is 12.7. The average molecular weight is 786 g/mol. The van der Waals surface area contributed by atoms with Gasteiger partial charge in [0.2, 0.25) is 0 Å². The molecule has 0 unspecified atom stereocenters. The summed E-state index contributed by atoms with van der Waals surface area (Å²) in [5.41, 5.74) is 11.2. The standard InChI is InChI=1S/C59H35N3/c1-4-14-39-33-55-42(27-36(39)11-1)21-24-52(60-55)45-30-46(53-25-22-43-28-37-12-2-5-15-40(37)34-56(43)61-53)32-47(31-45)58-48-17-7-9-19-50(48)59(51-20-10-8-18-49(51)58)54-26-23-44-29-38-13-3-6-16-41(38)35-57(44)62-54/h1-35H. The number of hydrogen-bond donors (Lipinski definition) is 0. The molecule has 286 valence electrons. The second-order valence-electron chi connectivity index (χ2n) is 16.4. The molecule has 3 heteroatoms. The van der Waals surface area contributed by atoms with E-state index in [-0.39, 0.29) is 0 Å². The third kappa shape index (κ3) is 5.63. The largest absolute Gasteiger partial charge is 0.248 e. The Morgan fingerprint density at radius 2 is 0.516 bits per heavy atom. The minimum absolute atomic E-state index is 0.917. The molecule has 0 radical (unpaired) electrons. The van der Waals surface area contributed by atoms with E-state index >= 15 is 0 Å². The number of fused-ring (bicyclic) bond motifs is 8. The first-order chi connectivity index (χ1) is 30.7. The summed E-state index contributed by atoms with van der Waals surface area (Å²) in [4.78, 5) is 16.1. The molecular formula is C59H35N3. The monoisotopic (exact) mass is 785 g/mol. The average Bonchev–Trinajstić information content (AvgIpc) is 3.33. The van der Waals surface area contributed by atoms with E-state index < -0.39 is 0 Å². The Hall–Kier alpha value is -8.27. The molecular weight excluding hydrogens is 751 g/mol. The maximum Gasteiger partial charge on any atom is 0.0722 e. The van der Waals surface area contributed by atoms with Gasteiger partial charge in [0.15, 0.2) is 0 Å². The van der Waals surface area contributed by atoms with Gasteiger partial charge in [-0.1, -0.05) is 140 Å². The van der Waals surface area contributed by atoms with Crippen LogP contribution in [0.5, 0.6) is 0 Å². The smallest absolute Gasteiger partial charge is 0.0722 e. The van der Waals surface area contributed by atoms with E-state index in [9.17, 15) is 0 Å². The van der Waals surface area contributed by atoms with Crippen LogP contribution >= 0.6 is 0 Å². The van der Waals surface area contributed by atoms with Crippen LogP contribution in [0.1, 0.15) is 0 Å². The molecule has 0 amide bonds. The zero-order chi connectivity index (χ0) is 40.7. The number of pyridine rings is 3. The molecule has 62 heavy (non-hydrogen) atoms. The van der Waals surface area contributed by atoms with Gasteiger partial charge in [0.1, 0.15) is 0 Å². The van der Waals surface area contributed by atoms with E-state index in [1.807, 2.05) is 0 Å². The van der Waals surface area contributed by atoms with Crippen LogP contribution in [-0.2, 0) is 0 Å². The second-order valence-corrected chi connectivity index (χ2v) is 16.4. The molecule has 13 aromatic rings. The maximum atomic E-state index is 5.38. The van der Waals surface area contributed by atoms with Gasteiger partial charge < -0.3 is 0 Å². The van der Waals surface area contributed by atoms with Crippen molar-refractivity contribution in [1.82, 2.24) is 15.0 Å². The van der Waals surface area contributed by atoms with Gasteiger partial charge in [-0.3, -0.25) is 0 Å². The van der Waals surface area contributed by atoms with Gasteiger partial charge >= 0.3 is 0 Å². The molecule has 0 fully saturated rings. The number of benzene rings is 10. The topological polar surface area (TPSA) is 38.7 Å². The van der Waals surface area contributed by atoms with Gasteiger partial charge in [-0.2, -0.15) is 0 Å². The van der Waals surface area contributed by atoms with E-state index in [4.69, 9.17) is 15.0 Å². The SMILES string of the molecule is c1ccc2cc3nc(-c4cc(-c5ccc6cc7ccccc7cc6n5)cc(-c5c6ccccc6c(-c6ccc7cc8ccccc8cc7n6)c6ccccc56)c4)ccc3cc2c1. The summed E-state index contributed by atoms with van der Waals surface area (Å²) >= 11 is 0. The minimum Gasteiger partial charge on any atom is -0.248 e. The number of aromatic nitrogens is 3. The van der Waals surface area contributed by atoms with Gasteiger partial charge in [0, 0.05) is 32.8 Å². The quantitative estimate of drug-likeness (QED) is 0.167. The fourth-order valence-corrected chi connectivity index (χ4v) is 9.68. The van der Waals surface area contributed by atoms with Crippen LogP contribution in [0.2, 0.25) is 0 Å². The van der Waals surface area contributed by atoms with E-state index in [0.717, 1.165) is 82.8 Å². The highest BCUT2D eigenvalue weighted by Gasteiger charge is 2.20. The normalized spacial score (nSPS) is 11.9. The summed E-state index contributed by atoms with van der Waals surface area (Å²) in [6, 6.07) is 76.5. The molecule has 3 heterocycles. The second kappa shape index (κ2) is 13.6. The van der Waals surface area contributed by atoms with Crippen LogP contribution in [0.25, 0.3) is 131 Å². The molecule has 0 saturated heterocycles. The van der Waals surface area contributed by atoms with Gasteiger partial charge in [-0.25, -0.2) is 15.0 Å². The minimum atomic E-state index is 0.917. The highest BCUT2D eigenvalue weighted by Crippen LogP contribution is 2.45. The summed E-state index contributed by atoms with van der Waals surface area (Å²) in [5.74, 6) is 0. The van der Waals surface area contributed by atoms with Crippen molar-refractivity contribution in [2.45, 2.75) is 0 Å². The van der Waals surface area contributed by atoms with E-state index in [1.54, 1.807) is 0 Å². The van der Waals surface area contributed by atoms with Crippen LogP contribution in [0.15, 0.2) is 212 Å². The lowest BCUT2D eigenvalue weighted by atomic mass is 9.85. The van der Waals surface area contributed by atoms with Crippen LogP contribution in [0, 0.1) is 0 Å². The first-order valence-electron chi connectivity index (χ1n) is 21.2. The molecule has 0 aliphatic rings. The van der Waals surface area contributed by atoms with Crippen molar-refractivity contribution >= 4 is 86.6 Å². The van der Waals surface area contributed by atoms with Gasteiger partial charge in [0.25, 0.3) is 0 Å². The number of hydrogen-bond acceptors (Lipinski definition) is 3. The Labute approximate surface area is 357 Å². The molecule has 13 rings (SSSR count). The lowest BCUT2D eigenvalue weighted by Gasteiger charge is -2.19. The Balaban J connectivity index is 1.06. The van der Waals surface area contributed by atoms with E-state index in [2.05, 4.69) is 212 Å². The van der Waals surface area contributed by atoms with Gasteiger partial charge in [-0.15, -0.1) is 0 Å². The summed E-state index contributed by atoms with van der Waals surface area (Å²) in [7, 11) is 0. The van der Waals surface area contributed by atoms with Gasteiger partial charge in [0.05, 0.1) is 33.6 Å². The highest BCUT2D eigenvalue weighted by molar-refractivity contribution is 6.21. The van der Waals surface area contributed by atoms with Crippen molar-refractivity contribution in [2.24, 2.45) is 0 Å². The predicted molar refractivity (Wildman–Crippen MR) is 262 cm³/mol. The molecule has 0 bridgehead atoms. The molecule has 3 nitrogen and oxygen atoms in total. The summed E-state index contributed by atoms with van der Waals surface area (Å²) < 4.78 is 0. The fourth-order valence-electron chi connectivity index (χ4n) is 9.68. The van der Waals surface area contributed by atoms with Crippen LogP contribution < -0.4 is 0 Å². The van der Waals surface area contributed by atoms with Crippen LogP contribution in [0.3, 0.4) is 0 Å². The zero-order valence-corrected chi connectivity index (χ0v) is 33.5. The van der Waals surface area contributed by atoms with Crippen molar-refractivity contribution in [3.8, 4) is 44.9 Å². The molecule has 0 spiro atoms. The Bertz CT molecular complexity index is 3800. The summed E-state index contributed by atoms with van der Waals surface area (Å²) in [5, 5.41) is 15.2. The Morgan fingerprint density at radius 3 is 0.919 bits per heavy atom. The molecule has 3 aromatic heterocycles. The molecule has 0 atom stereocenters.